The minimum absolute atomic E-state index is 0.0206. The van der Waals surface area contributed by atoms with Crippen LogP contribution in [0.2, 0.25) is 0 Å². The minimum atomic E-state index is -0.117. The summed E-state index contributed by atoms with van der Waals surface area (Å²) in [4.78, 5) is 13.9. The van der Waals surface area contributed by atoms with Gasteiger partial charge in [0.15, 0.2) is 0 Å². The Kier molecular flexibility index (Phi) is 13.6. The van der Waals surface area contributed by atoms with Crippen LogP contribution in [0, 0.1) is 6.57 Å². The van der Waals surface area contributed by atoms with E-state index in [2.05, 4.69) is 279 Å². The molecule has 1 aliphatic heterocycles. The minimum Gasteiger partial charge on any atom is -0.466 e. The Morgan fingerprint density at radius 1 is 0.500 bits per heavy atom. The summed E-state index contributed by atoms with van der Waals surface area (Å²) in [5, 5.41) is 3.84. The molecule has 0 bridgehead atoms. The molecule has 13 rings (SSSR count). The number of rotatable bonds is 10. The van der Waals surface area contributed by atoms with E-state index in [1.165, 1.54) is 55.6 Å². The molecule has 0 amide bonds. The molecule has 86 heavy (non-hydrogen) atoms. The van der Waals surface area contributed by atoms with Gasteiger partial charge in [-0.2, -0.15) is 0 Å². The lowest BCUT2D eigenvalue weighted by molar-refractivity contribution is 0.483. The highest BCUT2D eigenvalue weighted by Gasteiger charge is 2.33. The fourth-order valence-corrected chi connectivity index (χ4v) is 12.9. The predicted molar refractivity (Wildman–Crippen MR) is 361 cm³/mol. The number of nitrogens with zero attached hydrogens (tertiary/aromatic N) is 5. The van der Waals surface area contributed by atoms with E-state index in [0.717, 1.165) is 78.0 Å². The van der Waals surface area contributed by atoms with Crippen LogP contribution in [-0.2, 0) is 16.2 Å². The number of pyridine rings is 1. The van der Waals surface area contributed by atoms with Crippen LogP contribution in [0.1, 0.15) is 130 Å². The molecule has 0 aliphatic carbocycles. The Balaban J connectivity index is 1.00. The molecule has 7 heteroatoms. The molecule has 0 spiro atoms. The molecule has 0 saturated carbocycles. The van der Waals surface area contributed by atoms with Crippen LogP contribution < -0.4 is 14.5 Å². The van der Waals surface area contributed by atoms with Gasteiger partial charge in [-0.1, -0.05) is 205 Å². The van der Waals surface area contributed by atoms with Crippen LogP contribution in [0.25, 0.3) is 87.8 Å². The number of aromatic nitrogens is 2. The van der Waals surface area contributed by atoms with Crippen LogP contribution in [0.5, 0.6) is 11.5 Å². The summed E-state index contributed by atoms with van der Waals surface area (Å²) < 4.78 is 16.4. The van der Waals surface area contributed by atoms with Crippen molar-refractivity contribution in [2.24, 2.45) is 0 Å². The van der Waals surface area contributed by atoms with Crippen LogP contribution >= 0.6 is 0 Å². The van der Waals surface area contributed by atoms with Gasteiger partial charge in [0, 0.05) is 51.3 Å². The van der Waals surface area contributed by atoms with Crippen LogP contribution in [0.4, 0.5) is 28.4 Å². The molecule has 0 unspecified atom stereocenters. The largest absolute Gasteiger partial charge is 0.466 e. The molecule has 1 aliphatic rings. The van der Waals surface area contributed by atoms with E-state index in [-0.39, 0.29) is 28.1 Å². The van der Waals surface area contributed by atoms with Crippen molar-refractivity contribution >= 4 is 72.2 Å². The smallest absolute Gasteiger partial charge is 0.229 e. The number of fused-ring (bicyclic) bond motifs is 8. The first-order chi connectivity index (χ1) is 41.1. The van der Waals surface area contributed by atoms with Crippen molar-refractivity contribution < 1.29 is 9.15 Å². The number of furan rings is 1. The lowest BCUT2D eigenvalue weighted by Gasteiger charge is -2.28. The molecule has 4 heterocycles. The number of ether oxygens (including phenoxy) is 1. The Labute approximate surface area is 507 Å². The van der Waals surface area contributed by atoms with E-state index >= 15 is 0 Å². The van der Waals surface area contributed by atoms with Crippen molar-refractivity contribution in [3.63, 3.8) is 0 Å². The molecule has 12 aromatic rings. The molecule has 428 valence electrons. The average Bonchev–Trinajstić information content (AvgIpc) is 1.72. The van der Waals surface area contributed by atoms with Crippen molar-refractivity contribution in [2.75, 3.05) is 16.5 Å². The summed E-state index contributed by atoms with van der Waals surface area (Å²) >= 11 is 0. The van der Waals surface area contributed by atoms with Gasteiger partial charge < -0.3 is 19.0 Å². The summed E-state index contributed by atoms with van der Waals surface area (Å²) in [6.45, 7) is 38.1. The van der Waals surface area contributed by atoms with Crippen molar-refractivity contribution in [3.8, 4) is 50.7 Å². The maximum absolute atomic E-state index is 8.00. The maximum atomic E-state index is 8.00. The van der Waals surface area contributed by atoms with Gasteiger partial charge in [0.05, 0.1) is 40.1 Å². The third-order valence-corrected chi connectivity index (χ3v) is 17.6. The Bertz CT molecular complexity index is 4560. The van der Waals surface area contributed by atoms with Gasteiger partial charge >= 0.3 is 0 Å². The summed E-state index contributed by atoms with van der Waals surface area (Å²) in [6, 6.07) is 68.5. The van der Waals surface area contributed by atoms with E-state index in [1.807, 2.05) is 24.4 Å². The molecule has 7 nitrogen and oxygen atoms in total. The van der Waals surface area contributed by atoms with Gasteiger partial charge in [0.25, 0.3) is 0 Å². The van der Waals surface area contributed by atoms with Gasteiger partial charge in [-0.05, 0) is 139 Å². The van der Waals surface area contributed by atoms with E-state index in [0.29, 0.717) is 23.7 Å². The van der Waals surface area contributed by atoms with E-state index in [4.69, 9.17) is 20.7 Å². The molecule has 0 saturated heterocycles. The topological polar surface area (TPSA) is 51.0 Å². The molecule has 0 atom stereocenters. The van der Waals surface area contributed by atoms with Gasteiger partial charge in [-0.25, -0.2) is 9.83 Å². The number of hydrogen-bond donors (Lipinski definition) is 0. The fourth-order valence-electron chi connectivity index (χ4n) is 12.9. The first-order valence-corrected chi connectivity index (χ1v) is 30.4. The van der Waals surface area contributed by atoms with Gasteiger partial charge in [0.2, 0.25) is 5.69 Å². The molecule has 3 aromatic heterocycles. The van der Waals surface area contributed by atoms with Crippen molar-refractivity contribution in [2.45, 2.75) is 118 Å². The van der Waals surface area contributed by atoms with Gasteiger partial charge in [0.1, 0.15) is 35.2 Å². The zero-order valence-corrected chi connectivity index (χ0v) is 51.9. The van der Waals surface area contributed by atoms with Crippen LogP contribution in [-0.4, -0.2) is 16.2 Å². The lowest BCUT2D eigenvalue weighted by Crippen LogP contribution is -2.25. The summed E-state index contributed by atoms with van der Waals surface area (Å²) in [7, 11) is 0. The third kappa shape index (κ3) is 9.75. The average molecular weight is 1130 g/mol. The zero-order valence-electron chi connectivity index (χ0n) is 51.9. The van der Waals surface area contributed by atoms with E-state index in [1.54, 1.807) is 0 Å². The number of para-hydroxylation sites is 4. The molecular formula is C79H75N5O2. The van der Waals surface area contributed by atoms with E-state index < -0.39 is 0 Å². The molecule has 0 fully saturated rings. The number of benzene rings is 9. The monoisotopic (exact) mass is 1130 g/mol. The second-order valence-electron chi connectivity index (χ2n) is 27.2. The molecule has 9 aromatic carbocycles. The Hall–Kier alpha value is -9.38. The zero-order chi connectivity index (χ0) is 60.1. The van der Waals surface area contributed by atoms with Crippen molar-refractivity contribution in [1.82, 2.24) is 9.55 Å². The first kappa shape index (κ1) is 55.8. The maximum Gasteiger partial charge on any atom is 0.229 e. The first-order valence-electron chi connectivity index (χ1n) is 30.4. The third-order valence-electron chi connectivity index (χ3n) is 17.6. The van der Waals surface area contributed by atoms with Crippen molar-refractivity contribution in [3.05, 3.63) is 233 Å². The Morgan fingerprint density at radius 2 is 1.08 bits per heavy atom. The van der Waals surface area contributed by atoms with Gasteiger partial charge in [-0.3, -0.25) is 4.57 Å². The predicted octanol–water partition coefficient (Wildman–Crippen LogP) is 22.8. The Morgan fingerprint density at radius 3 is 1.69 bits per heavy atom. The van der Waals surface area contributed by atoms with Crippen LogP contribution in [0.3, 0.4) is 0 Å². The molecular weight excluding hydrogens is 1050 g/mol. The molecule has 0 radical (unpaired) electrons. The number of hydrogen-bond acceptors (Lipinski definition) is 5. The lowest BCUT2D eigenvalue weighted by atomic mass is 9.85. The summed E-state index contributed by atoms with van der Waals surface area (Å²) in [5.41, 5.74) is 21.5. The SMILES string of the molecule is [C-]#[N+]c1cccc2c1oc1c2ccc2c1c1ccc(Oc3cc(-c4c(C(C)C)cccc4C(C)C)cc(N4CN(c5c(-c6ccc(C(C)(C)C)cc6)cccc5-c5ccc(C(C)(C)C)cc5)c5ccccc54)c3)cc1n2-c1cc(C(C)(C)C)ccn1. The summed E-state index contributed by atoms with van der Waals surface area (Å²) in [5.74, 6) is 2.75. The van der Waals surface area contributed by atoms with E-state index in [9.17, 15) is 0 Å². The normalized spacial score (nSPS) is 13.0. The van der Waals surface area contributed by atoms with Gasteiger partial charge in [-0.15, -0.1) is 0 Å². The fraction of sp³-hybridized carbons (Fsp3) is 0.241. The second-order valence-corrected chi connectivity index (χ2v) is 27.2. The standard InChI is InChI=1S/C79H75N5O2/c1-48(2)59-20-17-21-60(49(3)4)72(59)52-42-56(82-47-83(68-27-16-15-26-67(68)82)74-61(50-28-32-53(33-29-50)77(5,6)7)22-18-23-62(74)51-30-34-54(35-31-51)78(8,9)10)45-58(43-52)85-57-36-37-65-70(46-57)84(71-44-55(40-41-81-71)79(11,12)13)69-39-38-64-63-24-19-25-66(80-14)75(63)86-76(64)73(65)69/h15-46,48-49H,47H2,1-13H3. The molecule has 0 N–H and O–H groups in total. The highest BCUT2D eigenvalue weighted by molar-refractivity contribution is 6.24. The highest BCUT2D eigenvalue weighted by atomic mass is 16.5. The summed E-state index contributed by atoms with van der Waals surface area (Å²) in [6.07, 6.45) is 1.91. The van der Waals surface area contributed by atoms with Crippen LogP contribution in [0.15, 0.2) is 199 Å². The quantitative estimate of drug-likeness (QED) is 0.128. The number of anilines is 4. The second kappa shape index (κ2) is 21.0. The highest BCUT2D eigenvalue weighted by Crippen LogP contribution is 2.52. The van der Waals surface area contributed by atoms with Crippen molar-refractivity contribution in [1.29, 1.82) is 0 Å².